The molecule has 146 valence electrons. The number of nitrogens with one attached hydrogen (secondary N) is 1. The van der Waals surface area contributed by atoms with Crippen LogP contribution in [0.15, 0.2) is 23.1 Å². The van der Waals surface area contributed by atoms with Gasteiger partial charge in [0.05, 0.1) is 25.7 Å². The second-order valence-electron chi connectivity index (χ2n) is 6.17. The molecule has 10 heteroatoms. The maximum absolute atomic E-state index is 12.6. The highest BCUT2D eigenvalue weighted by Gasteiger charge is 2.31. The minimum atomic E-state index is -3.84. The van der Waals surface area contributed by atoms with Crippen LogP contribution in [0.4, 0.5) is 0 Å². The number of nitrogens with zero attached hydrogens (tertiary/aromatic N) is 1. The first-order valence-corrected chi connectivity index (χ1v) is 9.04. The summed E-state index contributed by atoms with van der Waals surface area (Å²) in [6, 6.07) is 3.96. The first kappa shape index (κ1) is 21.9. The normalized spacial score (nSPS) is 13.9. The fraction of sp³-hybridized carbons (Fsp3) is 0.500. The Morgan fingerprint density at radius 1 is 1.27 bits per heavy atom. The third-order valence-electron chi connectivity index (χ3n) is 3.60. The van der Waals surface area contributed by atoms with E-state index in [0.717, 1.165) is 4.31 Å². The third-order valence-corrected chi connectivity index (χ3v) is 5.44. The Kier molecular flexibility index (Phi) is 7.13. The number of carboxylic acids is 1. The van der Waals surface area contributed by atoms with Gasteiger partial charge in [-0.1, -0.05) is 0 Å². The highest BCUT2D eigenvalue weighted by atomic mass is 32.2. The van der Waals surface area contributed by atoms with E-state index < -0.39 is 27.4 Å². The van der Waals surface area contributed by atoms with Gasteiger partial charge in [0.25, 0.3) is 5.91 Å². The van der Waals surface area contributed by atoms with Crippen molar-refractivity contribution in [2.45, 2.75) is 23.8 Å². The molecule has 0 saturated heterocycles. The second-order valence-corrected chi connectivity index (χ2v) is 8.29. The van der Waals surface area contributed by atoms with Gasteiger partial charge in [0.2, 0.25) is 10.0 Å². The molecule has 26 heavy (non-hydrogen) atoms. The van der Waals surface area contributed by atoms with Gasteiger partial charge in [-0.15, -0.1) is 0 Å². The van der Waals surface area contributed by atoms with E-state index in [-0.39, 0.29) is 29.2 Å². The van der Waals surface area contributed by atoms with Crippen LogP contribution in [0.2, 0.25) is 0 Å². The van der Waals surface area contributed by atoms with Crippen molar-refractivity contribution in [3.63, 3.8) is 0 Å². The summed E-state index contributed by atoms with van der Waals surface area (Å²) in [4.78, 5) is 23.4. The summed E-state index contributed by atoms with van der Waals surface area (Å²) in [6.07, 6.45) is -0.356. The summed E-state index contributed by atoms with van der Waals surface area (Å²) >= 11 is 0. The molecule has 1 atom stereocenters. The van der Waals surface area contributed by atoms with Crippen LogP contribution in [-0.4, -0.2) is 70.2 Å². The van der Waals surface area contributed by atoms with Gasteiger partial charge in [-0.25, -0.2) is 12.7 Å². The molecule has 0 aromatic heterocycles. The summed E-state index contributed by atoms with van der Waals surface area (Å²) in [6.45, 7) is 1.51. The van der Waals surface area contributed by atoms with Gasteiger partial charge in [0.1, 0.15) is 10.6 Å². The molecule has 0 spiro atoms. The Labute approximate surface area is 152 Å². The fourth-order valence-electron chi connectivity index (χ4n) is 2.35. The van der Waals surface area contributed by atoms with E-state index in [4.69, 9.17) is 14.6 Å². The van der Waals surface area contributed by atoms with Crippen molar-refractivity contribution in [3.8, 4) is 5.75 Å². The number of amides is 1. The molecule has 0 fully saturated rings. The second kappa shape index (κ2) is 8.47. The van der Waals surface area contributed by atoms with Gasteiger partial charge < -0.3 is 19.9 Å². The zero-order valence-corrected chi connectivity index (χ0v) is 16.2. The lowest BCUT2D eigenvalue weighted by molar-refractivity contribution is -0.139. The monoisotopic (exact) mass is 388 g/mol. The van der Waals surface area contributed by atoms with E-state index >= 15 is 0 Å². The highest BCUT2D eigenvalue weighted by Crippen LogP contribution is 2.27. The topological polar surface area (TPSA) is 122 Å². The van der Waals surface area contributed by atoms with Crippen LogP contribution in [-0.2, 0) is 19.6 Å². The van der Waals surface area contributed by atoms with Crippen LogP contribution >= 0.6 is 0 Å². The first-order valence-electron chi connectivity index (χ1n) is 7.60. The summed E-state index contributed by atoms with van der Waals surface area (Å²) in [7, 11) is 1.61. The maximum atomic E-state index is 12.6. The van der Waals surface area contributed by atoms with Crippen LogP contribution in [0.1, 0.15) is 23.7 Å². The van der Waals surface area contributed by atoms with Crippen molar-refractivity contribution < 1.29 is 32.6 Å². The number of methoxy groups -OCH3 is 2. The van der Waals surface area contributed by atoms with Crippen LogP contribution in [0.25, 0.3) is 0 Å². The predicted molar refractivity (Wildman–Crippen MR) is 93.9 cm³/mol. The highest BCUT2D eigenvalue weighted by molar-refractivity contribution is 7.89. The zero-order valence-electron chi connectivity index (χ0n) is 15.4. The van der Waals surface area contributed by atoms with Crippen molar-refractivity contribution in [1.82, 2.24) is 9.62 Å². The molecule has 1 rings (SSSR count). The molecule has 0 radical (unpaired) electrons. The molecular formula is C16H24N2O7S. The minimum absolute atomic E-state index is 0.0238. The van der Waals surface area contributed by atoms with E-state index in [2.05, 4.69) is 5.32 Å². The van der Waals surface area contributed by atoms with E-state index in [1.807, 2.05) is 0 Å². The number of benzene rings is 1. The summed E-state index contributed by atoms with van der Waals surface area (Å²) in [5, 5.41) is 11.6. The molecule has 0 aliphatic carbocycles. The van der Waals surface area contributed by atoms with Gasteiger partial charge in [-0.3, -0.25) is 9.59 Å². The Bertz CT molecular complexity index is 777. The average molecular weight is 388 g/mol. The first-order chi connectivity index (χ1) is 12.0. The molecule has 0 heterocycles. The van der Waals surface area contributed by atoms with Crippen LogP contribution in [0.3, 0.4) is 0 Å². The number of carbonyl (C=O) groups is 2. The summed E-state index contributed by atoms with van der Waals surface area (Å²) in [5.41, 5.74) is -1.10. The number of carbonyl (C=O) groups excluding carboxylic acids is 1. The Morgan fingerprint density at radius 3 is 2.35 bits per heavy atom. The SMILES string of the molecule is COCC(C)(CC(=O)O)NC(=O)c1ccc(OC)c(S(=O)(=O)N(C)C)c1. The lowest BCUT2D eigenvalue weighted by Crippen LogP contribution is -2.50. The smallest absolute Gasteiger partial charge is 0.305 e. The van der Waals surface area contributed by atoms with Gasteiger partial charge in [0, 0.05) is 26.8 Å². The largest absolute Gasteiger partial charge is 0.495 e. The molecule has 1 amide bonds. The summed E-state index contributed by atoms with van der Waals surface area (Å²) in [5.74, 6) is -1.63. The number of hydrogen-bond donors (Lipinski definition) is 2. The van der Waals surface area contributed by atoms with Gasteiger partial charge >= 0.3 is 5.97 Å². The molecular weight excluding hydrogens is 364 g/mol. The number of hydrogen-bond acceptors (Lipinski definition) is 6. The lowest BCUT2D eigenvalue weighted by Gasteiger charge is -2.28. The van der Waals surface area contributed by atoms with Gasteiger partial charge in [0.15, 0.2) is 0 Å². The van der Waals surface area contributed by atoms with Crippen LogP contribution < -0.4 is 10.1 Å². The number of rotatable bonds is 9. The summed E-state index contributed by atoms with van der Waals surface area (Å²) < 4.78 is 35.9. The van der Waals surface area contributed by atoms with Crippen molar-refractivity contribution in [2.75, 3.05) is 34.9 Å². The average Bonchev–Trinajstić information content (AvgIpc) is 2.53. The van der Waals surface area contributed by atoms with Crippen LogP contribution in [0, 0.1) is 0 Å². The Balaban J connectivity index is 3.27. The molecule has 0 aliphatic heterocycles. The van der Waals surface area contributed by atoms with E-state index in [9.17, 15) is 18.0 Å². The molecule has 0 bridgehead atoms. The van der Waals surface area contributed by atoms with Crippen molar-refractivity contribution in [1.29, 1.82) is 0 Å². The standard InChI is InChI=1S/C16H24N2O7S/c1-16(10-24-4,9-14(19)20)17-15(21)11-6-7-12(25-5)13(8-11)26(22,23)18(2)3/h6-8H,9-10H2,1-5H3,(H,17,21)(H,19,20). The van der Waals surface area contributed by atoms with E-state index in [0.29, 0.717) is 0 Å². The van der Waals surface area contributed by atoms with Crippen LogP contribution in [0.5, 0.6) is 5.75 Å². The number of carboxylic acid groups (broad SMARTS) is 1. The predicted octanol–water partition coefficient (Wildman–Crippen LogP) is 0.555. The molecule has 0 aliphatic rings. The number of ether oxygens (including phenoxy) is 2. The quantitative estimate of drug-likeness (QED) is 0.633. The Hall–Kier alpha value is -2.17. The Morgan fingerprint density at radius 2 is 1.88 bits per heavy atom. The lowest BCUT2D eigenvalue weighted by atomic mass is 9.98. The van der Waals surface area contributed by atoms with E-state index in [1.165, 1.54) is 53.4 Å². The fourth-order valence-corrected chi connectivity index (χ4v) is 3.42. The zero-order chi connectivity index (χ0) is 20.1. The molecule has 1 aromatic carbocycles. The van der Waals surface area contributed by atoms with Crippen molar-refractivity contribution >= 4 is 21.9 Å². The third kappa shape index (κ3) is 5.16. The number of sulfonamides is 1. The molecule has 1 aromatic rings. The molecule has 1 unspecified atom stereocenters. The van der Waals surface area contributed by atoms with Crippen molar-refractivity contribution in [2.24, 2.45) is 0 Å². The van der Waals surface area contributed by atoms with Crippen molar-refractivity contribution in [3.05, 3.63) is 23.8 Å². The minimum Gasteiger partial charge on any atom is -0.495 e. The maximum Gasteiger partial charge on any atom is 0.305 e. The molecule has 2 N–H and O–H groups in total. The number of aliphatic carboxylic acids is 1. The van der Waals surface area contributed by atoms with Gasteiger partial charge in [-0.05, 0) is 25.1 Å². The molecule has 9 nitrogen and oxygen atoms in total. The molecule has 0 saturated carbocycles. The van der Waals surface area contributed by atoms with Gasteiger partial charge in [-0.2, -0.15) is 0 Å². The van der Waals surface area contributed by atoms with E-state index in [1.54, 1.807) is 0 Å².